The number of hydrogen-bond acceptors (Lipinski definition) is 4. The molecule has 1 aliphatic heterocycles. The first kappa shape index (κ1) is 11.0. The normalized spacial score (nSPS) is 15.5. The highest BCUT2D eigenvalue weighted by atomic mass is 16.6. The van der Waals surface area contributed by atoms with Crippen molar-refractivity contribution in [2.45, 2.75) is 6.42 Å². The van der Waals surface area contributed by atoms with Crippen LogP contribution in [0.2, 0.25) is 0 Å². The number of nitrogens with zero attached hydrogens (tertiary/aromatic N) is 2. The van der Waals surface area contributed by atoms with Crippen LogP contribution in [0.5, 0.6) is 0 Å². The van der Waals surface area contributed by atoms with Gasteiger partial charge >= 0.3 is 0 Å². The number of anilines is 1. The first-order chi connectivity index (χ1) is 8.00. The lowest BCUT2D eigenvalue weighted by molar-refractivity contribution is -0.384. The fourth-order valence-electron chi connectivity index (χ4n) is 1.62. The van der Waals surface area contributed by atoms with E-state index in [1.807, 2.05) is 0 Å². The maximum atomic E-state index is 11.6. The monoisotopic (exact) mass is 232 g/mol. The van der Waals surface area contributed by atoms with Crippen LogP contribution in [0, 0.1) is 10.1 Å². The summed E-state index contributed by atoms with van der Waals surface area (Å²) in [5.74, 6) is -0.920. The molecule has 0 bridgehead atoms. The van der Waals surface area contributed by atoms with Crippen molar-refractivity contribution in [3.8, 4) is 0 Å². The van der Waals surface area contributed by atoms with E-state index >= 15 is 0 Å². The highest BCUT2D eigenvalue weighted by Crippen LogP contribution is 2.27. The maximum Gasteiger partial charge on any atom is 0.271 e. The first-order valence-corrected chi connectivity index (χ1v) is 4.80. The molecule has 0 N–H and O–H groups in total. The van der Waals surface area contributed by atoms with Gasteiger partial charge in [0, 0.05) is 17.7 Å². The van der Waals surface area contributed by atoms with Crippen molar-refractivity contribution in [3.63, 3.8) is 0 Å². The number of nitro benzene ring substituents is 1. The largest absolute Gasteiger partial charge is 0.274 e. The summed E-state index contributed by atoms with van der Waals surface area (Å²) in [6, 6.07) is 5.38. The Hall–Kier alpha value is -2.50. The quantitative estimate of drug-likeness (QED) is 0.334. The van der Waals surface area contributed by atoms with Gasteiger partial charge in [-0.1, -0.05) is 12.6 Å². The Balaban J connectivity index is 2.44. The lowest BCUT2D eigenvalue weighted by Crippen LogP contribution is -2.28. The molecule has 0 aromatic heterocycles. The minimum atomic E-state index is -0.580. The second-order valence-electron chi connectivity index (χ2n) is 3.59. The number of amides is 2. The van der Waals surface area contributed by atoms with Gasteiger partial charge in [0.15, 0.2) is 0 Å². The van der Waals surface area contributed by atoms with Gasteiger partial charge in [-0.25, -0.2) is 4.90 Å². The first-order valence-electron chi connectivity index (χ1n) is 4.80. The van der Waals surface area contributed by atoms with Crippen LogP contribution in [0.3, 0.4) is 0 Å². The third-order valence-electron chi connectivity index (χ3n) is 2.42. The predicted molar refractivity (Wildman–Crippen MR) is 59.3 cm³/mol. The molecular formula is C11H8N2O4. The van der Waals surface area contributed by atoms with Gasteiger partial charge in [-0.3, -0.25) is 19.7 Å². The molecule has 0 atom stereocenters. The Morgan fingerprint density at radius 2 is 2.06 bits per heavy atom. The van der Waals surface area contributed by atoms with E-state index in [0.29, 0.717) is 0 Å². The molecule has 1 aliphatic rings. The van der Waals surface area contributed by atoms with E-state index in [1.165, 1.54) is 24.3 Å². The molecule has 0 spiro atoms. The van der Waals surface area contributed by atoms with Crippen molar-refractivity contribution in [1.29, 1.82) is 0 Å². The molecule has 86 valence electrons. The summed E-state index contributed by atoms with van der Waals surface area (Å²) in [5.41, 5.74) is 0.231. The Morgan fingerprint density at radius 1 is 1.35 bits per heavy atom. The molecule has 0 unspecified atom stereocenters. The topological polar surface area (TPSA) is 80.5 Å². The molecular weight excluding hydrogens is 224 g/mol. The number of hydrogen-bond donors (Lipinski definition) is 0. The lowest BCUT2D eigenvalue weighted by Gasteiger charge is -2.12. The predicted octanol–water partition coefficient (Wildman–Crippen LogP) is 1.41. The molecule has 6 nitrogen and oxygen atoms in total. The zero-order valence-electron chi connectivity index (χ0n) is 8.75. The second-order valence-corrected chi connectivity index (χ2v) is 3.59. The van der Waals surface area contributed by atoms with E-state index < -0.39 is 16.7 Å². The molecule has 1 saturated heterocycles. The second kappa shape index (κ2) is 3.82. The van der Waals surface area contributed by atoms with Crippen LogP contribution < -0.4 is 4.90 Å². The van der Waals surface area contributed by atoms with E-state index in [1.54, 1.807) is 0 Å². The summed E-state index contributed by atoms with van der Waals surface area (Å²) in [6.45, 7) is 3.47. The number of carbonyl (C=O) groups is 2. The molecule has 6 heteroatoms. The average Bonchev–Trinajstić information content (AvgIpc) is 2.53. The summed E-state index contributed by atoms with van der Waals surface area (Å²) < 4.78 is 0. The van der Waals surface area contributed by atoms with Gasteiger partial charge in [-0.05, 0) is 6.07 Å². The van der Waals surface area contributed by atoms with Gasteiger partial charge in [-0.2, -0.15) is 0 Å². The zero-order valence-corrected chi connectivity index (χ0v) is 8.75. The third kappa shape index (κ3) is 1.80. The molecule has 2 amide bonds. The zero-order chi connectivity index (χ0) is 12.6. The van der Waals surface area contributed by atoms with Crippen LogP contribution >= 0.6 is 0 Å². The molecule has 1 aromatic rings. The summed E-state index contributed by atoms with van der Waals surface area (Å²) in [4.78, 5) is 34.1. The highest BCUT2D eigenvalue weighted by molar-refractivity contribution is 6.27. The minimum absolute atomic E-state index is 0.0402. The van der Waals surface area contributed by atoms with Crippen LogP contribution in [0.25, 0.3) is 0 Å². The molecule has 0 saturated carbocycles. The third-order valence-corrected chi connectivity index (χ3v) is 2.42. The lowest BCUT2D eigenvalue weighted by atomic mass is 10.2. The van der Waals surface area contributed by atoms with E-state index in [2.05, 4.69) is 6.58 Å². The van der Waals surface area contributed by atoms with Gasteiger partial charge in [0.1, 0.15) is 0 Å². The number of rotatable bonds is 2. The van der Waals surface area contributed by atoms with Crippen LogP contribution in [0.15, 0.2) is 36.4 Å². The van der Waals surface area contributed by atoms with Crippen LogP contribution in [0.4, 0.5) is 11.4 Å². The Morgan fingerprint density at radius 3 is 2.59 bits per heavy atom. The van der Waals surface area contributed by atoms with Gasteiger partial charge in [0.05, 0.1) is 17.0 Å². The standard InChI is InChI=1S/C11H8N2O4/c1-7-5-10(14)12(11(7)15)8-3-2-4-9(6-8)13(16)17/h2-4,6H,1,5H2. The Kier molecular flexibility index (Phi) is 2.47. The number of benzene rings is 1. The molecule has 1 fully saturated rings. The Bertz CT molecular complexity index is 550. The van der Waals surface area contributed by atoms with Crippen LogP contribution in [-0.2, 0) is 9.59 Å². The molecule has 1 heterocycles. The van der Waals surface area contributed by atoms with E-state index in [-0.39, 0.29) is 23.4 Å². The van der Waals surface area contributed by atoms with Crippen molar-refractivity contribution in [1.82, 2.24) is 0 Å². The molecule has 17 heavy (non-hydrogen) atoms. The number of carbonyl (C=O) groups excluding carboxylic acids is 2. The van der Waals surface area contributed by atoms with Gasteiger partial charge in [-0.15, -0.1) is 0 Å². The van der Waals surface area contributed by atoms with Crippen molar-refractivity contribution in [2.75, 3.05) is 4.90 Å². The van der Waals surface area contributed by atoms with E-state index in [4.69, 9.17) is 0 Å². The van der Waals surface area contributed by atoms with Crippen molar-refractivity contribution in [2.24, 2.45) is 0 Å². The highest BCUT2D eigenvalue weighted by Gasteiger charge is 2.34. The Labute approximate surface area is 96.3 Å². The van der Waals surface area contributed by atoms with Crippen LogP contribution in [-0.4, -0.2) is 16.7 Å². The number of nitro groups is 1. The number of imide groups is 1. The average molecular weight is 232 g/mol. The SMILES string of the molecule is C=C1CC(=O)N(c2cccc([N+](=O)[O-])c2)C1=O. The van der Waals surface area contributed by atoms with Gasteiger partial charge in [0.25, 0.3) is 11.6 Å². The van der Waals surface area contributed by atoms with E-state index in [0.717, 1.165) is 4.90 Å². The minimum Gasteiger partial charge on any atom is -0.274 e. The summed E-state index contributed by atoms with van der Waals surface area (Å²) in [5, 5.41) is 10.6. The van der Waals surface area contributed by atoms with Gasteiger partial charge in [0.2, 0.25) is 5.91 Å². The van der Waals surface area contributed by atoms with Crippen LogP contribution in [0.1, 0.15) is 6.42 Å². The maximum absolute atomic E-state index is 11.6. The summed E-state index contributed by atoms with van der Waals surface area (Å²) >= 11 is 0. The fraction of sp³-hybridized carbons (Fsp3) is 0.0909. The van der Waals surface area contributed by atoms with Crippen molar-refractivity contribution < 1.29 is 14.5 Å². The molecule has 0 aliphatic carbocycles. The smallest absolute Gasteiger partial charge is 0.271 e. The summed E-state index contributed by atoms with van der Waals surface area (Å²) in [6.07, 6.45) is -0.0402. The van der Waals surface area contributed by atoms with E-state index in [9.17, 15) is 19.7 Å². The molecule has 2 rings (SSSR count). The van der Waals surface area contributed by atoms with Crippen molar-refractivity contribution in [3.05, 3.63) is 46.5 Å². The molecule has 0 radical (unpaired) electrons. The molecule has 1 aromatic carbocycles. The summed E-state index contributed by atoms with van der Waals surface area (Å²) in [7, 11) is 0. The van der Waals surface area contributed by atoms with Crippen molar-refractivity contribution >= 4 is 23.2 Å². The van der Waals surface area contributed by atoms with Gasteiger partial charge < -0.3 is 0 Å². The number of non-ortho nitro benzene ring substituents is 1. The fourth-order valence-corrected chi connectivity index (χ4v) is 1.62.